The van der Waals surface area contributed by atoms with Gasteiger partial charge in [-0.05, 0) is 68.3 Å². The van der Waals surface area contributed by atoms with E-state index in [4.69, 9.17) is 16.3 Å². The van der Waals surface area contributed by atoms with Crippen molar-refractivity contribution in [3.05, 3.63) is 94.1 Å². The van der Waals surface area contributed by atoms with Crippen LogP contribution in [-0.4, -0.2) is 29.4 Å². The Balaban J connectivity index is 1.60. The van der Waals surface area contributed by atoms with Gasteiger partial charge in [-0.15, -0.1) is 0 Å². The fraction of sp³-hybridized carbons (Fsp3) is 0.214. The second-order valence-electron chi connectivity index (χ2n) is 8.71. The van der Waals surface area contributed by atoms with Crippen LogP contribution in [0.4, 0.5) is 5.69 Å². The van der Waals surface area contributed by atoms with E-state index in [0.29, 0.717) is 21.9 Å². The number of carbonyl (C=O) groups excluding carboxylic acids is 2. The fourth-order valence-electron chi connectivity index (χ4n) is 4.98. The molecule has 0 saturated heterocycles. The summed E-state index contributed by atoms with van der Waals surface area (Å²) < 4.78 is 7.37. The molecule has 6 heteroatoms. The average Bonchev–Trinajstić information content (AvgIpc) is 3.31. The minimum Gasteiger partial charge on any atom is -0.497 e. The Hall–Kier alpha value is -3.57. The Morgan fingerprint density at radius 2 is 1.79 bits per heavy atom. The summed E-state index contributed by atoms with van der Waals surface area (Å²) in [5.74, 6) is 0.560. The number of methoxy groups -OCH3 is 1. The average molecular weight is 473 g/mol. The molecule has 1 aliphatic heterocycles. The number of ketones is 1. The summed E-state index contributed by atoms with van der Waals surface area (Å²) in [5, 5.41) is 1.37. The van der Waals surface area contributed by atoms with Crippen molar-refractivity contribution in [1.29, 1.82) is 0 Å². The highest BCUT2D eigenvalue weighted by Gasteiger charge is 2.31. The van der Waals surface area contributed by atoms with Crippen LogP contribution in [0.5, 0.6) is 5.75 Å². The molecule has 1 amide bonds. The van der Waals surface area contributed by atoms with Crippen LogP contribution in [0.25, 0.3) is 10.9 Å². The number of hydrogen-bond acceptors (Lipinski definition) is 3. The molecule has 0 aliphatic carbocycles. The van der Waals surface area contributed by atoms with Crippen molar-refractivity contribution >= 4 is 39.9 Å². The van der Waals surface area contributed by atoms with Gasteiger partial charge in [-0.1, -0.05) is 29.8 Å². The molecule has 1 atom stereocenters. The minimum absolute atomic E-state index is 0.00855. The lowest BCUT2D eigenvalue weighted by Gasteiger charge is -2.23. The Morgan fingerprint density at radius 1 is 1.06 bits per heavy atom. The summed E-state index contributed by atoms with van der Waals surface area (Å²) in [6.45, 7) is 4.09. The van der Waals surface area contributed by atoms with Gasteiger partial charge in [0.1, 0.15) is 12.3 Å². The van der Waals surface area contributed by atoms with E-state index in [-0.39, 0.29) is 24.3 Å². The van der Waals surface area contributed by atoms with Gasteiger partial charge in [0.15, 0.2) is 5.78 Å². The number of fused-ring (bicyclic) bond motifs is 2. The first-order valence-corrected chi connectivity index (χ1v) is 11.6. The Morgan fingerprint density at radius 3 is 2.53 bits per heavy atom. The van der Waals surface area contributed by atoms with Gasteiger partial charge in [0.2, 0.25) is 5.91 Å². The summed E-state index contributed by atoms with van der Waals surface area (Å²) >= 11 is 6.02. The standard InChI is InChI=1S/C28H25ClN2O3/c1-17-14-20-6-4-5-7-24(20)31(17)26(32)16-30-18(2)27(23-13-12-22(34-3)15-25(23)30)28(33)19-8-10-21(29)11-9-19/h4-13,15,17H,14,16H2,1-3H3. The highest BCUT2D eigenvalue weighted by Crippen LogP contribution is 2.34. The molecule has 5 rings (SSSR count). The topological polar surface area (TPSA) is 51.5 Å². The summed E-state index contributed by atoms with van der Waals surface area (Å²) in [7, 11) is 1.61. The monoisotopic (exact) mass is 472 g/mol. The molecule has 34 heavy (non-hydrogen) atoms. The molecule has 0 spiro atoms. The number of aromatic nitrogens is 1. The van der Waals surface area contributed by atoms with Crippen molar-refractivity contribution in [3.8, 4) is 5.75 Å². The van der Waals surface area contributed by atoms with Crippen molar-refractivity contribution in [3.63, 3.8) is 0 Å². The van der Waals surface area contributed by atoms with Crippen LogP contribution in [0.1, 0.15) is 34.1 Å². The van der Waals surface area contributed by atoms with E-state index in [0.717, 1.165) is 28.7 Å². The minimum atomic E-state index is -0.101. The second-order valence-corrected chi connectivity index (χ2v) is 9.15. The van der Waals surface area contributed by atoms with Crippen LogP contribution in [0.3, 0.4) is 0 Å². The maximum absolute atomic E-state index is 13.6. The molecule has 0 N–H and O–H groups in total. The zero-order valence-electron chi connectivity index (χ0n) is 19.3. The number of amides is 1. The third-order valence-corrected chi connectivity index (χ3v) is 6.89. The van der Waals surface area contributed by atoms with Gasteiger partial charge in [0.25, 0.3) is 0 Å². The van der Waals surface area contributed by atoms with Crippen LogP contribution in [-0.2, 0) is 17.8 Å². The summed E-state index contributed by atoms with van der Waals surface area (Å²) in [6, 6.07) is 20.6. The van der Waals surface area contributed by atoms with Crippen molar-refractivity contribution in [1.82, 2.24) is 4.57 Å². The first-order chi connectivity index (χ1) is 16.4. The van der Waals surface area contributed by atoms with Crippen molar-refractivity contribution < 1.29 is 14.3 Å². The first kappa shape index (κ1) is 22.2. The van der Waals surface area contributed by atoms with Crippen molar-refractivity contribution in [2.24, 2.45) is 0 Å². The molecule has 172 valence electrons. The molecule has 0 saturated carbocycles. The number of halogens is 1. The van der Waals surface area contributed by atoms with E-state index in [1.807, 2.05) is 52.8 Å². The molecule has 0 bridgehead atoms. The normalized spacial score (nSPS) is 14.9. The predicted octanol–water partition coefficient (Wildman–Crippen LogP) is 5.82. The third-order valence-electron chi connectivity index (χ3n) is 6.63. The second kappa shape index (κ2) is 8.65. The number of ether oxygens (including phenoxy) is 1. The number of rotatable bonds is 5. The van der Waals surface area contributed by atoms with Gasteiger partial charge >= 0.3 is 0 Å². The van der Waals surface area contributed by atoms with E-state index in [1.54, 1.807) is 31.4 Å². The van der Waals surface area contributed by atoms with Crippen molar-refractivity contribution in [2.45, 2.75) is 32.9 Å². The van der Waals surface area contributed by atoms with Crippen LogP contribution in [0.2, 0.25) is 5.02 Å². The smallest absolute Gasteiger partial charge is 0.247 e. The van der Waals surface area contributed by atoms with Crippen LogP contribution in [0.15, 0.2) is 66.7 Å². The molecular weight excluding hydrogens is 448 g/mol. The Kier molecular flexibility index (Phi) is 5.66. The fourth-order valence-corrected chi connectivity index (χ4v) is 5.10. The quantitative estimate of drug-likeness (QED) is 0.344. The van der Waals surface area contributed by atoms with Gasteiger partial charge in [-0.2, -0.15) is 0 Å². The van der Waals surface area contributed by atoms with Crippen LogP contribution in [0, 0.1) is 6.92 Å². The zero-order valence-corrected chi connectivity index (χ0v) is 20.1. The molecule has 1 aromatic heterocycles. The van der Waals surface area contributed by atoms with Crippen LogP contribution < -0.4 is 9.64 Å². The molecule has 3 aromatic carbocycles. The molecule has 2 heterocycles. The Labute approximate surface area is 203 Å². The highest BCUT2D eigenvalue weighted by molar-refractivity contribution is 6.30. The number of benzene rings is 3. The van der Waals surface area contributed by atoms with Gasteiger partial charge in [-0.3, -0.25) is 9.59 Å². The van der Waals surface area contributed by atoms with Gasteiger partial charge < -0.3 is 14.2 Å². The number of carbonyl (C=O) groups is 2. The summed E-state index contributed by atoms with van der Waals surface area (Å²) in [5.41, 5.74) is 4.82. The third kappa shape index (κ3) is 3.66. The lowest BCUT2D eigenvalue weighted by Crippen LogP contribution is -2.38. The number of anilines is 1. The lowest BCUT2D eigenvalue weighted by molar-refractivity contribution is -0.119. The van der Waals surface area contributed by atoms with E-state index < -0.39 is 0 Å². The largest absolute Gasteiger partial charge is 0.497 e. The predicted molar refractivity (Wildman–Crippen MR) is 135 cm³/mol. The lowest BCUT2D eigenvalue weighted by atomic mass is 10.0. The molecular formula is C28H25ClN2O3. The zero-order chi connectivity index (χ0) is 24.0. The van der Waals surface area contributed by atoms with Gasteiger partial charge in [0.05, 0.1) is 18.2 Å². The number of para-hydroxylation sites is 1. The SMILES string of the molecule is COc1ccc2c(C(=O)c3ccc(Cl)cc3)c(C)n(CC(=O)N3c4ccccc4CC3C)c2c1. The van der Waals surface area contributed by atoms with E-state index in [2.05, 4.69) is 13.0 Å². The van der Waals surface area contributed by atoms with E-state index in [9.17, 15) is 9.59 Å². The highest BCUT2D eigenvalue weighted by atomic mass is 35.5. The molecule has 0 fully saturated rings. The van der Waals surface area contributed by atoms with E-state index >= 15 is 0 Å². The maximum atomic E-state index is 13.6. The molecule has 4 aromatic rings. The van der Waals surface area contributed by atoms with Gasteiger partial charge in [0, 0.05) is 39.5 Å². The van der Waals surface area contributed by atoms with E-state index in [1.165, 1.54) is 5.56 Å². The summed E-state index contributed by atoms with van der Waals surface area (Å²) in [6.07, 6.45) is 0.835. The Bertz CT molecular complexity index is 1420. The molecule has 0 radical (unpaired) electrons. The van der Waals surface area contributed by atoms with Gasteiger partial charge in [-0.25, -0.2) is 0 Å². The van der Waals surface area contributed by atoms with Crippen LogP contribution >= 0.6 is 11.6 Å². The number of nitrogens with zero attached hydrogens (tertiary/aromatic N) is 2. The first-order valence-electron chi connectivity index (χ1n) is 11.3. The summed E-state index contributed by atoms with van der Waals surface area (Å²) in [4.78, 5) is 29.0. The number of hydrogen-bond donors (Lipinski definition) is 0. The maximum Gasteiger partial charge on any atom is 0.247 e. The molecule has 1 unspecified atom stereocenters. The van der Waals surface area contributed by atoms with Crippen molar-refractivity contribution in [2.75, 3.05) is 12.0 Å². The molecule has 1 aliphatic rings. The molecule has 5 nitrogen and oxygen atoms in total.